The number of hydrogen-bond acceptors (Lipinski definition) is 4. The van der Waals surface area contributed by atoms with Crippen LogP contribution in [0.5, 0.6) is 0 Å². The number of amides is 1. The number of carbonyl (C=O) groups excluding carboxylic acids is 1. The summed E-state index contributed by atoms with van der Waals surface area (Å²) in [6.07, 6.45) is 10.2. The van der Waals surface area contributed by atoms with Crippen LogP contribution in [0.25, 0.3) is 0 Å². The Kier molecular flexibility index (Phi) is 7.81. The number of anilines is 1. The highest BCUT2D eigenvalue weighted by Gasteiger charge is 2.31. The van der Waals surface area contributed by atoms with Crippen LogP contribution in [0.4, 0.5) is 5.69 Å². The van der Waals surface area contributed by atoms with Crippen LogP contribution in [0, 0.1) is 0 Å². The zero-order chi connectivity index (χ0) is 20.6. The number of carboxylic acids is 1. The molecular weight excluding hydrogens is 384 g/mol. The van der Waals surface area contributed by atoms with Gasteiger partial charge in [-0.1, -0.05) is 38.3 Å². The highest BCUT2D eigenvalue weighted by Crippen LogP contribution is 2.30. The predicted octanol–water partition coefficient (Wildman–Crippen LogP) is 5.48. The van der Waals surface area contributed by atoms with Gasteiger partial charge < -0.3 is 10.0 Å². The van der Waals surface area contributed by atoms with Crippen molar-refractivity contribution in [2.75, 3.05) is 4.90 Å². The van der Waals surface area contributed by atoms with E-state index in [0.29, 0.717) is 6.42 Å². The van der Waals surface area contributed by atoms with Gasteiger partial charge in [0.15, 0.2) is 5.69 Å². The van der Waals surface area contributed by atoms with Crippen molar-refractivity contribution in [1.82, 2.24) is 4.98 Å². The minimum Gasteiger partial charge on any atom is -0.476 e. The minimum absolute atomic E-state index is 0.123. The van der Waals surface area contributed by atoms with Crippen LogP contribution in [0.2, 0.25) is 0 Å². The van der Waals surface area contributed by atoms with Crippen molar-refractivity contribution < 1.29 is 14.7 Å². The maximum Gasteiger partial charge on any atom is 0.355 e. The molecule has 1 atom stereocenters. The van der Waals surface area contributed by atoms with E-state index in [9.17, 15) is 9.59 Å². The molecule has 156 valence electrons. The smallest absolute Gasteiger partial charge is 0.355 e. The van der Waals surface area contributed by atoms with Gasteiger partial charge in [-0.3, -0.25) is 4.79 Å². The average Bonchev–Trinajstić information content (AvgIpc) is 3.33. The molecule has 6 heteroatoms. The molecular formula is C23H30N2O3S. The fraction of sp³-hybridized carbons (Fsp3) is 0.522. The number of aromatic nitrogens is 1. The standard InChI is InChI=1S/C23H30N2O3S/c1-2-3-4-5-7-17-10-12-19(13-11-17)25-18(14-15-22(25)26)8-6-9-21-24-20(16-29-21)23(27)28/h10-13,16,18H,2-9,14-15H2,1H3,(H,27,28)/t18-/m0/s1. The predicted molar refractivity (Wildman–Crippen MR) is 117 cm³/mol. The molecule has 1 aromatic carbocycles. The lowest BCUT2D eigenvalue weighted by Crippen LogP contribution is -2.32. The Labute approximate surface area is 176 Å². The fourth-order valence-corrected chi connectivity index (χ4v) is 4.78. The molecule has 0 unspecified atom stereocenters. The summed E-state index contributed by atoms with van der Waals surface area (Å²) in [6.45, 7) is 2.22. The first-order chi connectivity index (χ1) is 14.1. The Morgan fingerprint density at radius 3 is 2.66 bits per heavy atom. The van der Waals surface area contributed by atoms with Gasteiger partial charge in [-0.15, -0.1) is 11.3 Å². The van der Waals surface area contributed by atoms with Crippen LogP contribution in [-0.2, 0) is 17.6 Å². The molecule has 3 rings (SSSR count). The molecule has 1 N–H and O–H groups in total. The normalized spacial score (nSPS) is 16.5. The van der Waals surface area contributed by atoms with Gasteiger partial charge in [-0.2, -0.15) is 0 Å². The Morgan fingerprint density at radius 1 is 1.17 bits per heavy atom. The molecule has 0 radical (unpaired) electrons. The number of aromatic carboxylic acids is 1. The highest BCUT2D eigenvalue weighted by molar-refractivity contribution is 7.09. The first-order valence-corrected chi connectivity index (χ1v) is 11.5. The largest absolute Gasteiger partial charge is 0.476 e. The second kappa shape index (κ2) is 10.5. The van der Waals surface area contributed by atoms with Crippen LogP contribution in [0.3, 0.4) is 0 Å². The molecule has 0 saturated carbocycles. The molecule has 1 saturated heterocycles. The molecule has 1 aliphatic rings. The first-order valence-electron chi connectivity index (χ1n) is 10.7. The number of nitrogens with zero attached hydrogens (tertiary/aromatic N) is 2. The van der Waals surface area contributed by atoms with E-state index in [4.69, 9.17) is 5.11 Å². The molecule has 1 aromatic heterocycles. The number of rotatable bonds is 11. The number of aryl methyl sites for hydroxylation is 2. The molecule has 1 aliphatic heterocycles. The summed E-state index contributed by atoms with van der Waals surface area (Å²) in [5.74, 6) is -0.776. The third kappa shape index (κ3) is 5.89. The van der Waals surface area contributed by atoms with E-state index in [1.807, 2.05) is 4.90 Å². The SMILES string of the molecule is CCCCCCc1ccc(N2C(=O)CC[C@@H]2CCCc2nc(C(=O)O)cs2)cc1. The van der Waals surface area contributed by atoms with E-state index in [1.54, 1.807) is 5.38 Å². The van der Waals surface area contributed by atoms with E-state index < -0.39 is 5.97 Å². The maximum absolute atomic E-state index is 12.5. The summed E-state index contributed by atoms with van der Waals surface area (Å²) in [5.41, 5.74) is 2.46. The number of benzene rings is 1. The molecule has 5 nitrogen and oxygen atoms in total. The van der Waals surface area contributed by atoms with Crippen molar-refractivity contribution in [2.24, 2.45) is 0 Å². The topological polar surface area (TPSA) is 70.5 Å². The summed E-state index contributed by atoms with van der Waals surface area (Å²) < 4.78 is 0. The number of carboxylic acid groups (broad SMARTS) is 1. The van der Waals surface area contributed by atoms with Crippen molar-refractivity contribution in [3.8, 4) is 0 Å². The van der Waals surface area contributed by atoms with E-state index in [1.165, 1.54) is 42.6 Å². The quantitative estimate of drug-likeness (QED) is 0.494. The van der Waals surface area contributed by atoms with E-state index in [-0.39, 0.29) is 17.6 Å². The summed E-state index contributed by atoms with van der Waals surface area (Å²) in [5, 5.41) is 11.4. The molecule has 2 heterocycles. The number of thiazole rings is 1. The van der Waals surface area contributed by atoms with E-state index in [2.05, 4.69) is 36.2 Å². The molecule has 0 bridgehead atoms. The van der Waals surface area contributed by atoms with Gasteiger partial charge in [0.1, 0.15) is 0 Å². The molecule has 0 aliphatic carbocycles. The Balaban J connectivity index is 1.53. The molecule has 1 amide bonds. The minimum atomic E-state index is -0.978. The van der Waals surface area contributed by atoms with E-state index in [0.717, 1.165) is 42.8 Å². The zero-order valence-electron chi connectivity index (χ0n) is 17.1. The maximum atomic E-state index is 12.5. The number of carbonyl (C=O) groups is 2. The number of unbranched alkanes of at least 4 members (excludes halogenated alkanes) is 3. The second-order valence-corrected chi connectivity index (χ2v) is 8.70. The van der Waals surface area contributed by atoms with Crippen molar-refractivity contribution >= 4 is 28.9 Å². The van der Waals surface area contributed by atoms with Gasteiger partial charge >= 0.3 is 5.97 Å². The monoisotopic (exact) mass is 414 g/mol. The Morgan fingerprint density at radius 2 is 1.97 bits per heavy atom. The fourth-order valence-electron chi connectivity index (χ4n) is 3.96. The lowest BCUT2D eigenvalue weighted by Gasteiger charge is -2.25. The lowest BCUT2D eigenvalue weighted by atomic mass is 10.0. The van der Waals surface area contributed by atoms with Crippen molar-refractivity contribution in [1.29, 1.82) is 0 Å². The zero-order valence-corrected chi connectivity index (χ0v) is 17.9. The van der Waals surface area contributed by atoms with Crippen LogP contribution >= 0.6 is 11.3 Å². The van der Waals surface area contributed by atoms with Crippen LogP contribution in [0.1, 0.15) is 79.3 Å². The molecule has 2 aromatic rings. The third-order valence-corrected chi connectivity index (χ3v) is 6.47. The van der Waals surface area contributed by atoms with Gasteiger partial charge in [0.2, 0.25) is 5.91 Å². The van der Waals surface area contributed by atoms with Gasteiger partial charge in [-0.05, 0) is 56.2 Å². The average molecular weight is 415 g/mol. The van der Waals surface area contributed by atoms with Crippen molar-refractivity contribution in [2.45, 2.75) is 77.2 Å². The van der Waals surface area contributed by atoms with Gasteiger partial charge in [0.05, 0.1) is 5.01 Å². The number of hydrogen-bond donors (Lipinski definition) is 1. The first kappa shape index (κ1) is 21.5. The Bertz CT molecular complexity index is 816. The lowest BCUT2D eigenvalue weighted by molar-refractivity contribution is -0.117. The van der Waals surface area contributed by atoms with Crippen LogP contribution < -0.4 is 4.90 Å². The Hall–Kier alpha value is -2.21. The summed E-state index contributed by atoms with van der Waals surface area (Å²) >= 11 is 1.40. The summed E-state index contributed by atoms with van der Waals surface area (Å²) in [6, 6.07) is 8.72. The molecule has 0 spiro atoms. The summed E-state index contributed by atoms with van der Waals surface area (Å²) in [7, 11) is 0. The molecule has 29 heavy (non-hydrogen) atoms. The van der Waals surface area contributed by atoms with Gasteiger partial charge in [0.25, 0.3) is 0 Å². The highest BCUT2D eigenvalue weighted by atomic mass is 32.1. The van der Waals surface area contributed by atoms with Crippen LogP contribution in [-0.4, -0.2) is 28.0 Å². The third-order valence-electron chi connectivity index (χ3n) is 5.56. The summed E-state index contributed by atoms with van der Waals surface area (Å²) in [4.78, 5) is 29.5. The van der Waals surface area contributed by atoms with Gasteiger partial charge in [0, 0.05) is 23.5 Å². The second-order valence-electron chi connectivity index (χ2n) is 7.76. The van der Waals surface area contributed by atoms with Gasteiger partial charge in [-0.25, -0.2) is 9.78 Å². The van der Waals surface area contributed by atoms with E-state index >= 15 is 0 Å². The molecule has 1 fully saturated rings. The van der Waals surface area contributed by atoms with Crippen molar-refractivity contribution in [3.63, 3.8) is 0 Å². The van der Waals surface area contributed by atoms with Crippen molar-refractivity contribution in [3.05, 3.63) is 45.9 Å². The van der Waals surface area contributed by atoms with Crippen LogP contribution in [0.15, 0.2) is 29.6 Å².